The Labute approximate surface area is 145 Å². The summed E-state index contributed by atoms with van der Waals surface area (Å²) < 4.78 is 5.46. The summed E-state index contributed by atoms with van der Waals surface area (Å²) in [6.45, 7) is 0.589. The Kier molecular flexibility index (Phi) is 3.76. The molecule has 0 aliphatic carbocycles. The number of para-hydroxylation sites is 1. The summed E-state index contributed by atoms with van der Waals surface area (Å²) in [6, 6.07) is 12.7. The maximum Gasteiger partial charge on any atom is 0.262 e. The van der Waals surface area contributed by atoms with Gasteiger partial charge < -0.3 is 14.7 Å². The number of benzene rings is 2. The summed E-state index contributed by atoms with van der Waals surface area (Å²) in [5.41, 5.74) is 2.81. The van der Waals surface area contributed by atoms with Crippen molar-refractivity contribution in [1.29, 1.82) is 0 Å². The quantitative estimate of drug-likeness (QED) is 0.778. The fourth-order valence-corrected chi connectivity index (χ4v) is 3.41. The van der Waals surface area contributed by atoms with E-state index in [0.717, 1.165) is 29.5 Å². The van der Waals surface area contributed by atoms with Crippen molar-refractivity contribution in [3.8, 4) is 11.5 Å². The van der Waals surface area contributed by atoms with Gasteiger partial charge in [-0.1, -0.05) is 18.2 Å². The molecule has 0 fully saturated rings. The molecule has 0 saturated heterocycles. The Morgan fingerprint density at radius 2 is 2.12 bits per heavy atom. The first-order valence-corrected chi connectivity index (χ1v) is 8.24. The number of hydrogen-bond donors (Lipinski definition) is 1. The van der Waals surface area contributed by atoms with Gasteiger partial charge in [0.2, 0.25) is 0 Å². The Morgan fingerprint density at radius 3 is 2.96 bits per heavy atom. The number of rotatable bonds is 2. The van der Waals surface area contributed by atoms with Crippen LogP contribution in [0.25, 0.3) is 10.9 Å². The van der Waals surface area contributed by atoms with Crippen molar-refractivity contribution in [1.82, 2.24) is 4.98 Å². The molecule has 1 amide bonds. The van der Waals surface area contributed by atoms with Crippen LogP contribution in [0.15, 0.2) is 48.7 Å². The van der Waals surface area contributed by atoms with Gasteiger partial charge in [0.1, 0.15) is 11.5 Å². The molecular weight excluding hydrogens is 316 g/mol. The summed E-state index contributed by atoms with van der Waals surface area (Å²) in [5, 5.41) is 11.2. The Morgan fingerprint density at radius 1 is 1.24 bits per heavy atom. The predicted octanol–water partition coefficient (Wildman–Crippen LogP) is 3.54. The smallest absolute Gasteiger partial charge is 0.262 e. The van der Waals surface area contributed by atoms with Crippen LogP contribution in [0.5, 0.6) is 11.5 Å². The molecular formula is C20H18N2O3. The zero-order valence-electron chi connectivity index (χ0n) is 13.9. The van der Waals surface area contributed by atoms with Crippen molar-refractivity contribution in [2.75, 3.05) is 18.6 Å². The van der Waals surface area contributed by atoms with Crippen LogP contribution in [0, 0.1) is 0 Å². The highest BCUT2D eigenvalue weighted by molar-refractivity contribution is 6.11. The predicted molar refractivity (Wildman–Crippen MR) is 96.4 cm³/mol. The summed E-state index contributed by atoms with van der Waals surface area (Å²) >= 11 is 0. The van der Waals surface area contributed by atoms with Gasteiger partial charge in [-0.25, -0.2) is 0 Å². The Hall–Kier alpha value is -3.08. The minimum Gasteiger partial charge on any atom is -0.507 e. The normalized spacial score (nSPS) is 13.6. The second kappa shape index (κ2) is 6.09. The monoisotopic (exact) mass is 334 g/mol. The van der Waals surface area contributed by atoms with Gasteiger partial charge in [-0.15, -0.1) is 0 Å². The molecule has 0 radical (unpaired) electrons. The van der Waals surface area contributed by atoms with Crippen LogP contribution in [-0.2, 0) is 6.42 Å². The molecule has 126 valence electrons. The first-order chi connectivity index (χ1) is 12.2. The van der Waals surface area contributed by atoms with Crippen molar-refractivity contribution in [3.63, 3.8) is 0 Å². The van der Waals surface area contributed by atoms with Gasteiger partial charge in [-0.05, 0) is 42.7 Å². The first kappa shape index (κ1) is 15.4. The number of methoxy groups -OCH3 is 1. The van der Waals surface area contributed by atoms with E-state index in [2.05, 4.69) is 4.98 Å². The number of carbonyl (C=O) groups is 1. The van der Waals surface area contributed by atoms with E-state index in [-0.39, 0.29) is 17.2 Å². The Bertz CT molecular complexity index is 954. The molecule has 5 heteroatoms. The lowest BCUT2D eigenvalue weighted by Gasteiger charge is -2.31. The molecule has 2 aromatic carbocycles. The van der Waals surface area contributed by atoms with Crippen molar-refractivity contribution in [2.24, 2.45) is 0 Å². The van der Waals surface area contributed by atoms with E-state index in [1.807, 2.05) is 24.3 Å². The van der Waals surface area contributed by atoms with Gasteiger partial charge in [0.25, 0.3) is 5.91 Å². The number of pyridine rings is 1. The molecule has 5 nitrogen and oxygen atoms in total. The first-order valence-electron chi connectivity index (χ1n) is 8.24. The van der Waals surface area contributed by atoms with Gasteiger partial charge >= 0.3 is 0 Å². The standard InChI is InChI=1S/C20H18N2O3/c1-25-18-8-2-5-13-7-4-10-22(19(13)18)20(24)15-12-16-14(11-17(15)23)6-3-9-21-16/h2-3,5-6,8-9,11-12,23H,4,7,10H2,1H3. The number of aryl methyl sites for hydroxylation is 1. The van der Waals surface area contributed by atoms with Crippen molar-refractivity contribution in [3.05, 3.63) is 59.8 Å². The summed E-state index contributed by atoms with van der Waals surface area (Å²) in [5.74, 6) is 0.395. The van der Waals surface area contributed by atoms with Crippen molar-refractivity contribution in [2.45, 2.75) is 12.8 Å². The third-order valence-corrected chi connectivity index (χ3v) is 4.60. The molecule has 0 spiro atoms. The number of aromatic hydroxyl groups is 1. The third kappa shape index (κ3) is 2.58. The van der Waals surface area contributed by atoms with Gasteiger partial charge in [-0.3, -0.25) is 9.78 Å². The highest BCUT2D eigenvalue weighted by Crippen LogP contribution is 2.38. The number of hydrogen-bond acceptors (Lipinski definition) is 4. The number of ether oxygens (including phenoxy) is 1. The fraction of sp³-hybridized carbons (Fsp3) is 0.200. The number of phenols is 1. The van der Waals surface area contributed by atoms with Crippen LogP contribution in [0.1, 0.15) is 22.3 Å². The van der Waals surface area contributed by atoms with Crippen LogP contribution >= 0.6 is 0 Å². The highest BCUT2D eigenvalue weighted by Gasteiger charge is 2.28. The van der Waals surface area contributed by atoms with E-state index < -0.39 is 0 Å². The minimum absolute atomic E-state index is 0.0347. The number of amides is 1. The van der Waals surface area contributed by atoms with E-state index >= 15 is 0 Å². The average Bonchev–Trinajstić information content (AvgIpc) is 2.66. The molecule has 0 saturated carbocycles. The molecule has 2 heterocycles. The molecule has 1 aromatic heterocycles. The van der Waals surface area contributed by atoms with Gasteiger partial charge in [0, 0.05) is 18.1 Å². The van der Waals surface area contributed by atoms with Crippen LogP contribution in [0.3, 0.4) is 0 Å². The second-order valence-corrected chi connectivity index (χ2v) is 6.09. The van der Waals surface area contributed by atoms with Gasteiger partial charge in [0.05, 0.1) is 23.9 Å². The fourth-order valence-electron chi connectivity index (χ4n) is 3.41. The lowest BCUT2D eigenvalue weighted by molar-refractivity contribution is 0.0982. The lowest BCUT2D eigenvalue weighted by atomic mass is 9.99. The lowest BCUT2D eigenvalue weighted by Crippen LogP contribution is -2.35. The van der Waals surface area contributed by atoms with Crippen molar-refractivity contribution >= 4 is 22.5 Å². The number of phenolic OH excluding ortho intramolecular Hbond substituents is 1. The molecule has 4 rings (SSSR count). The molecule has 1 aliphatic rings. The summed E-state index contributed by atoms with van der Waals surface area (Å²) in [4.78, 5) is 19.2. The van der Waals surface area contributed by atoms with E-state index in [9.17, 15) is 9.90 Å². The SMILES string of the molecule is COc1cccc2c1N(C(=O)c1cc3ncccc3cc1O)CCC2. The van der Waals surface area contributed by atoms with E-state index in [4.69, 9.17) is 4.74 Å². The highest BCUT2D eigenvalue weighted by atomic mass is 16.5. The average molecular weight is 334 g/mol. The van der Waals surface area contributed by atoms with E-state index in [1.54, 1.807) is 36.4 Å². The van der Waals surface area contributed by atoms with Crippen LogP contribution in [0.4, 0.5) is 5.69 Å². The number of fused-ring (bicyclic) bond motifs is 2. The number of carbonyl (C=O) groups excluding carboxylic acids is 1. The molecule has 3 aromatic rings. The molecule has 1 N–H and O–H groups in total. The topological polar surface area (TPSA) is 62.7 Å². The van der Waals surface area contributed by atoms with Crippen LogP contribution < -0.4 is 9.64 Å². The van der Waals surface area contributed by atoms with Gasteiger partial charge in [0.15, 0.2) is 0 Å². The minimum atomic E-state index is -0.240. The zero-order chi connectivity index (χ0) is 17.4. The van der Waals surface area contributed by atoms with Crippen molar-refractivity contribution < 1.29 is 14.6 Å². The molecule has 0 atom stereocenters. The summed E-state index contributed by atoms with van der Waals surface area (Å²) in [6.07, 6.45) is 3.45. The molecule has 1 aliphatic heterocycles. The van der Waals surface area contributed by atoms with E-state index in [1.165, 1.54) is 0 Å². The molecule has 0 bridgehead atoms. The maximum atomic E-state index is 13.2. The number of aromatic nitrogens is 1. The Balaban J connectivity index is 1.82. The van der Waals surface area contributed by atoms with E-state index in [0.29, 0.717) is 17.8 Å². The van der Waals surface area contributed by atoms with Crippen LogP contribution in [0.2, 0.25) is 0 Å². The second-order valence-electron chi connectivity index (χ2n) is 6.09. The summed E-state index contributed by atoms with van der Waals surface area (Å²) in [7, 11) is 1.60. The largest absolute Gasteiger partial charge is 0.507 e. The third-order valence-electron chi connectivity index (χ3n) is 4.60. The number of nitrogens with zero attached hydrogens (tertiary/aromatic N) is 2. The zero-order valence-corrected chi connectivity index (χ0v) is 13.9. The van der Waals surface area contributed by atoms with Gasteiger partial charge in [-0.2, -0.15) is 0 Å². The molecule has 25 heavy (non-hydrogen) atoms. The number of anilines is 1. The molecule has 0 unspecified atom stereocenters. The maximum absolute atomic E-state index is 13.2. The van der Waals surface area contributed by atoms with Crippen LogP contribution in [-0.4, -0.2) is 29.7 Å².